The number of carboxylic acids is 1. The molecule has 0 amide bonds. The molecule has 2 aliphatic rings. The van der Waals surface area contributed by atoms with Gasteiger partial charge in [0.25, 0.3) is 0 Å². The van der Waals surface area contributed by atoms with Gasteiger partial charge in [-0.3, -0.25) is 4.79 Å². The van der Waals surface area contributed by atoms with E-state index in [1.165, 1.54) is 19.3 Å². The molecule has 1 saturated carbocycles. The number of fused-ring (bicyclic) bond motifs is 2. The first-order valence-electron chi connectivity index (χ1n) is 4.67. The number of rotatable bonds is 3. The van der Waals surface area contributed by atoms with Gasteiger partial charge in [0.05, 0.1) is 0 Å². The van der Waals surface area contributed by atoms with Gasteiger partial charge < -0.3 is 5.11 Å². The molecule has 0 spiro atoms. The van der Waals surface area contributed by atoms with Crippen molar-refractivity contribution < 1.29 is 9.90 Å². The summed E-state index contributed by atoms with van der Waals surface area (Å²) in [6.45, 7) is 0. The molecule has 2 heteroatoms. The second-order valence-electron chi connectivity index (χ2n) is 3.92. The third-order valence-electron chi connectivity index (χ3n) is 3.11. The molecule has 0 aromatic carbocycles. The summed E-state index contributed by atoms with van der Waals surface area (Å²) >= 11 is 0. The zero-order valence-corrected chi connectivity index (χ0v) is 7.12. The molecular formula is C10H14O2. The molecule has 2 nitrogen and oxygen atoms in total. The monoisotopic (exact) mass is 166 g/mol. The van der Waals surface area contributed by atoms with Crippen molar-refractivity contribution in [3.63, 3.8) is 0 Å². The minimum atomic E-state index is -0.656. The Labute approximate surface area is 72.3 Å². The Hall–Kier alpha value is -0.790. The SMILES string of the molecule is O=C(O)CCC1C=C2CCC1C2. The number of hydrogen-bond donors (Lipinski definition) is 1. The van der Waals surface area contributed by atoms with Gasteiger partial charge in [-0.15, -0.1) is 0 Å². The zero-order valence-electron chi connectivity index (χ0n) is 7.12. The fourth-order valence-electron chi connectivity index (χ4n) is 2.48. The lowest BCUT2D eigenvalue weighted by atomic mass is 9.89. The van der Waals surface area contributed by atoms with Crippen LogP contribution in [0.25, 0.3) is 0 Å². The van der Waals surface area contributed by atoms with Crippen molar-refractivity contribution in [3.8, 4) is 0 Å². The zero-order chi connectivity index (χ0) is 8.55. The first-order chi connectivity index (χ1) is 5.75. The molecule has 0 aromatic rings. The van der Waals surface area contributed by atoms with E-state index < -0.39 is 5.97 Å². The molecule has 0 aliphatic heterocycles. The average Bonchev–Trinajstić information content (AvgIpc) is 2.60. The van der Waals surface area contributed by atoms with Crippen LogP contribution >= 0.6 is 0 Å². The van der Waals surface area contributed by atoms with E-state index in [1.54, 1.807) is 5.57 Å². The molecule has 0 aromatic heterocycles. The average molecular weight is 166 g/mol. The minimum Gasteiger partial charge on any atom is -0.481 e. The molecular weight excluding hydrogens is 152 g/mol. The molecule has 66 valence electrons. The highest BCUT2D eigenvalue weighted by atomic mass is 16.4. The fraction of sp³-hybridized carbons (Fsp3) is 0.700. The van der Waals surface area contributed by atoms with E-state index in [4.69, 9.17) is 5.11 Å². The van der Waals surface area contributed by atoms with Gasteiger partial charge in [-0.25, -0.2) is 0 Å². The Bertz CT molecular complexity index is 230. The van der Waals surface area contributed by atoms with Crippen LogP contribution in [0, 0.1) is 11.8 Å². The van der Waals surface area contributed by atoms with Crippen LogP contribution in [0.3, 0.4) is 0 Å². The molecule has 2 unspecified atom stereocenters. The quantitative estimate of drug-likeness (QED) is 0.652. The molecule has 2 rings (SSSR count). The number of aliphatic carboxylic acids is 1. The summed E-state index contributed by atoms with van der Waals surface area (Å²) < 4.78 is 0. The first kappa shape index (κ1) is 7.84. The minimum absolute atomic E-state index is 0.338. The summed E-state index contributed by atoms with van der Waals surface area (Å²) in [5.74, 6) is 0.723. The van der Waals surface area contributed by atoms with Crippen molar-refractivity contribution in [2.24, 2.45) is 11.8 Å². The van der Waals surface area contributed by atoms with Gasteiger partial charge in [-0.2, -0.15) is 0 Å². The van der Waals surface area contributed by atoms with E-state index >= 15 is 0 Å². The molecule has 0 heterocycles. The van der Waals surface area contributed by atoms with Gasteiger partial charge in [-0.1, -0.05) is 11.6 Å². The number of carboxylic acid groups (broad SMARTS) is 1. The Morgan fingerprint density at radius 2 is 2.50 bits per heavy atom. The molecule has 0 saturated heterocycles. The summed E-state index contributed by atoms with van der Waals surface area (Å²) in [7, 11) is 0. The standard InChI is InChI=1S/C10H14O2/c11-10(12)4-3-9-6-7-1-2-8(9)5-7/h6,8-9H,1-5H2,(H,11,12). The van der Waals surface area contributed by atoms with Crippen molar-refractivity contribution in [1.82, 2.24) is 0 Å². The maximum absolute atomic E-state index is 10.3. The van der Waals surface area contributed by atoms with Crippen molar-refractivity contribution in [3.05, 3.63) is 11.6 Å². The lowest BCUT2D eigenvalue weighted by molar-refractivity contribution is -0.137. The number of allylic oxidation sites excluding steroid dienone is 2. The van der Waals surface area contributed by atoms with E-state index in [2.05, 4.69) is 6.08 Å². The second-order valence-corrected chi connectivity index (χ2v) is 3.92. The Morgan fingerprint density at radius 3 is 3.00 bits per heavy atom. The van der Waals surface area contributed by atoms with Crippen LogP contribution in [-0.4, -0.2) is 11.1 Å². The summed E-state index contributed by atoms with van der Waals surface area (Å²) in [4.78, 5) is 10.3. The van der Waals surface area contributed by atoms with Crippen molar-refractivity contribution in [2.45, 2.75) is 32.1 Å². The molecule has 12 heavy (non-hydrogen) atoms. The first-order valence-corrected chi connectivity index (χ1v) is 4.67. The van der Waals surface area contributed by atoms with Gasteiger partial charge in [0.2, 0.25) is 0 Å². The van der Waals surface area contributed by atoms with Crippen molar-refractivity contribution >= 4 is 5.97 Å². The lowest BCUT2D eigenvalue weighted by Gasteiger charge is -2.16. The van der Waals surface area contributed by atoms with Crippen LogP contribution in [0.15, 0.2) is 11.6 Å². The van der Waals surface area contributed by atoms with E-state index in [0.29, 0.717) is 12.3 Å². The van der Waals surface area contributed by atoms with E-state index in [9.17, 15) is 4.79 Å². The van der Waals surface area contributed by atoms with Crippen LogP contribution in [0.2, 0.25) is 0 Å². The molecule has 1 N–H and O–H groups in total. The predicted octanol–water partition coefficient (Wildman–Crippen LogP) is 2.21. The van der Waals surface area contributed by atoms with E-state index in [1.807, 2.05) is 0 Å². The summed E-state index contributed by atoms with van der Waals surface area (Å²) in [6, 6.07) is 0. The molecule has 2 atom stereocenters. The van der Waals surface area contributed by atoms with Crippen LogP contribution in [0.5, 0.6) is 0 Å². The topological polar surface area (TPSA) is 37.3 Å². The Kier molecular flexibility index (Phi) is 1.91. The van der Waals surface area contributed by atoms with Crippen LogP contribution in [-0.2, 0) is 4.79 Å². The third-order valence-corrected chi connectivity index (χ3v) is 3.11. The maximum atomic E-state index is 10.3. The summed E-state index contributed by atoms with van der Waals surface area (Å²) in [5.41, 5.74) is 1.58. The Balaban J connectivity index is 1.87. The van der Waals surface area contributed by atoms with Crippen molar-refractivity contribution in [1.29, 1.82) is 0 Å². The fourth-order valence-corrected chi connectivity index (χ4v) is 2.48. The van der Waals surface area contributed by atoms with Gasteiger partial charge in [-0.05, 0) is 37.5 Å². The van der Waals surface area contributed by atoms with Crippen LogP contribution in [0.4, 0.5) is 0 Å². The number of hydrogen-bond acceptors (Lipinski definition) is 1. The Morgan fingerprint density at radius 1 is 1.67 bits per heavy atom. The maximum Gasteiger partial charge on any atom is 0.303 e. The van der Waals surface area contributed by atoms with Gasteiger partial charge >= 0.3 is 5.97 Å². The predicted molar refractivity (Wildman–Crippen MR) is 45.8 cm³/mol. The molecule has 0 radical (unpaired) electrons. The van der Waals surface area contributed by atoms with Crippen LogP contribution in [0.1, 0.15) is 32.1 Å². The van der Waals surface area contributed by atoms with Gasteiger partial charge in [0.15, 0.2) is 0 Å². The highest BCUT2D eigenvalue weighted by molar-refractivity contribution is 5.66. The molecule has 2 bridgehead atoms. The highest BCUT2D eigenvalue weighted by Gasteiger charge is 2.32. The highest BCUT2D eigenvalue weighted by Crippen LogP contribution is 2.44. The normalized spacial score (nSPS) is 32.2. The van der Waals surface area contributed by atoms with E-state index in [-0.39, 0.29) is 0 Å². The smallest absolute Gasteiger partial charge is 0.303 e. The van der Waals surface area contributed by atoms with Crippen molar-refractivity contribution in [2.75, 3.05) is 0 Å². The van der Waals surface area contributed by atoms with Crippen LogP contribution < -0.4 is 0 Å². The molecule has 1 fully saturated rings. The lowest BCUT2D eigenvalue weighted by Crippen LogP contribution is -2.09. The summed E-state index contributed by atoms with van der Waals surface area (Å²) in [5, 5.41) is 8.52. The van der Waals surface area contributed by atoms with E-state index in [0.717, 1.165) is 12.3 Å². The third kappa shape index (κ3) is 1.38. The summed E-state index contributed by atoms with van der Waals surface area (Å²) in [6.07, 6.45) is 7.33. The largest absolute Gasteiger partial charge is 0.481 e. The number of carbonyl (C=O) groups is 1. The van der Waals surface area contributed by atoms with Gasteiger partial charge in [0, 0.05) is 6.42 Å². The molecule has 2 aliphatic carbocycles. The van der Waals surface area contributed by atoms with Gasteiger partial charge in [0.1, 0.15) is 0 Å². The second kappa shape index (κ2) is 2.92.